The van der Waals surface area contributed by atoms with E-state index in [1.54, 1.807) is 0 Å². The largest absolute Gasteiger partial charge is 0.490 e. The van der Waals surface area contributed by atoms with E-state index in [0.717, 1.165) is 17.7 Å². The summed E-state index contributed by atoms with van der Waals surface area (Å²) in [5, 5.41) is 0. The molecule has 13 heavy (non-hydrogen) atoms. The molecular formula is C10H11FOS. The first-order valence-electron chi connectivity index (χ1n) is 4.29. The first-order chi connectivity index (χ1) is 6.28. The Kier molecular flexibility index (Phi) is 2.44. The van der Waals surface area contributed by atoms with Crippen LogP contribution in [-0.4, -0.2) is 12.4 Å². The molecule has 0 heterocycles. The number of thioether (sulfide) groups is 1. The van der Waals surface area contributed by atoms with Gasteiger partial charge in [0.2, 0.25) is 0 Å². The maximum absolute atomic E-state index is 13.0. The molecule has 0 unspecified atom stereocenters. The van der Waals surface area contributed by atoms with Crippen molar-refractivity contribution in [2.45, 2.75) is 23.8 Å². The number of hydrogen-bond acceptors (Lipinski definition) is 2. The molecule has 1 aromatic carbocycles. The molecule has 1 aliphatic carbocycles. The topological polar surface area (TPSA) is 9.23 Å². The van der Waals surface area contributed by atoms with Gasteiger partial charge >= 0.3 is 0 Å². The van der Waals surface area contributed by atoms with Crippen LogP contribution in [0, 0.1) is 5.82 Å². The average Bonchev–Trinajstić information content (AvgIpc) is 2.87. The Balaban J connectivity index is 2.17. The molecule has 0 aliphatic heterocycles. The number of rotatable bonds is 3. The second-order valence-corrected chi connectivity index (χ2v) is 4.02. The van der Waals surface area contributed by atoms with Crippen molar-refractivity contribution in [1.29, 1.82) is 0 Å². The summed E-state index contributed by atoms with van der Waals surface area (Å²) in [6.45, 7) is 0. The van der Waals surface area contributed by atoms with Gasteiger partial charge in [0, 0.05) is 11.0 Å². The fourth-order valence-corrected chi connectivity index (χ4v) is 1.57. The lowest BCUT2D eigenvalue weighted by Gasteiger charge is -2.05. The molecule has 1 fully saturated rings. The molecule has 1 nitrogen and oxygen atoms in total. The van der Waals surface area contributed by atoms with Gasteiger partial charge in [-0.05, 0) is 31.2 Å². The molecule has 0 saturated heterocycles. The fraction of sp³-hybridized carbons (Fsp3) is 0.400. The molecule has 0 radical (unpaired) electrons. The molecule has 0 bridgehead atoms. The van der Waals surface area contributed by atoms with Gasteiger partial charge in [0.1, 0.15) is 11.6 Å². The van der Waals surface area contributed by atoms with Gasteiger partial charge in [0.25, 0.3) is 0 Å². The third-order valence-electron chi connectivity index (χ3n) is 1.91. The van der Waals surface area contributed by atoms with Crippen LogP contribution in [0.4, 0.5) is 4.39 Å². The maximum atomic E-state index is 13.0. The molecule has 2 rings (SSSR count). The third-order valence-corrected chi connectivity index (χ3v) is 2.61. The van der Waals surface area contributed by atoms with Gasteiger partial charge in [-0.15, -0.1) is 11.8 Å². The normalized spacial score (nSPS) is 15.8. The van der Waals surface area contributed by atoms with Crippen molar-refractivity contribution in [3.05, 3.63) is 24.0 Å². The minimum Gasteiger partial charge on any atom is -0.490 e. The Labute approximate surface area is 81.3 Å². The van der Waals surface area contributed by atoms with Crippen LogP contribution in [0.25, 0.3) is 0 Å². The highest BCUT2D eigenvalue weighted by Gasteiger charge is 2.23. The Bertz CT molecular complexity index is 310. The Morgan fingerprint density at radius 3 is 2.77 bits per heavy atom. The fourth-order valence-electron chi connectivity index (χ4n) is 1.10. The number of halogens is 1. The molecule has 0 N–H and O–H groups in total. The molecule has 1 aliphatic rings. The second-order valence-electron chi connectivity index (χ2n) is 3.14. The predicted molar refractivity (Wildman–Crippen MR) is 51.8 cm³/mol. The lowest BCUT2D eigenvalue weighted by atomic mass is 10.3. The standard InChI is InChI=1S/C10H11FOS/c1-13-10-5-7(11)4-9(6-10)12-8-2-3-8/h4-6,8H,2-3H2,1H3. The summed E-state index contributed by atoms with van der Waals surface area (Å²) in [6.07, 6.45) is 4.46. The van der Waals surface area contributed by atoms with Gasteiger partial charge in [-0.2, -0.15) is 0 Å². The van der Waals surface area contributed by atoms with Gasteiger partial charge in [0.15, 0.2) is 0 Å². The first kappa shape index (κ1) is 8.88. The van der Waals surface area contributed by atoms with E-state index in [2.05, 4.69) is 0 Å². The lowest BCUT2D eigenvalue weighted by molar-refractivity contribution is 0.301. The van der Waals surface area contributed by atoms with E-state index in [1.807, 2.05) is 12.3 Å². The van der Waals surface area contributed by atoms with Gasteiger partial charge < -0.3 is 4.74 Å². The molecular weight excluding hydrogens is 187 g/mol. The Morgan fingerprint density at radius 1 is 1.38 bits per heavy atom. The zero-order chi connectivity index (χ0) is 9.26. The van der Waals surface area contributed by atoms with Gasteiger partial charge in [-0.3, -0.25) is 0 Å². The summed E-state index contributed by atoms with van der Waals surface area (Å²) in [4.78, 5) is 0.913. The first-order valence-corrected chi connectivity index (χ1v) is 5.51. The Morgan fingerprint density at radius 2 is 2.15 bits per heavy atom. The number of ether oxygens (including phenoxy) is 1. The number of hydrogen-bond donors (Lipinski definition) is 0. The van der Waals surface area contributed by atoms with E-state index >= 15 is 0 Å². The van der Waals surface area contributed by atoms with Gasteiger partial charge in [0.05, 0.1) is 6.10 Å². The second kappa shape index (κ2) is 3.58. The van der Waals surface area contributed by atoms with Gasteiger partial charge in [-0.1, -0.05) is 0 Å². The lowest BCUT2D eigenvalue weighted by Crippen LogP contribution is -1.96. The van der Waals surface area contributed by atoms with Crippen LogP contribution in [0.2, 0.25) is 0 Å². The van der Waals surface area contributed by atoms with Crippen molar-refractivity contribution in [1.82, 2.24) is 0 Å². The molecule has 1 saturated carbocycles. The monoisotopic (exact) mass is 198 g/mol. The van der Waals surface area contributed by atoms with Crippen molar-refractivity contribution in [2.24, 2.45) is 0 Å². The van der Waals surface area contributed by atoms with Crippen LogP contribution in [0.5, 0.6) is 5.75 Å². The molecule has 1 aromatic rings. The van der Waals surface area contributed by atoms with Crippen LogP contribution < -0.4 is 4.74 Å². The van der Waals surface area contributed by atoms with Crippen LogP contribution in [0.1, 0.15) is 12.8 Å². The van der Waals surface area contributed by atoms with E-state index in [4.69, 9.17) is 4.74 Å². The molecule has 0 atom stereocenters. The highest BCUT2D eigenvalue weighted by atomic mass is 32.2. The smallest absolute Gasteiger partial charge is 0.128 e. The summed E-state index contributed by atoms with van der Waals surface area (Å²) in [5.74, 6) is 0.439. The highest BCUT2D eigenvalue weighted by Crippen LogP contribution is 2.29. The average molecular weight is 198 g/mol. The zero-order valence-electron chi connectivity index (χ0n) is 7.42. The minimum atomic E-state index is -0.220. The van der Waals surface area contributed by atoms with E-state index in [-0.39, 0.29) is 5.82 Å². The summed E-state index contributed by atoms with van der Waals surface area (Å²) >= 11 is 1.52. The van der Waals surface area contributed by atoms with Crippen molar-refractivity contribution in [3.8, 4) is 5.75 Å². The van der Waals surface area contributed by atoms with E-state index < -0.39 is 0 Å². The molecule has 0 aromatic heterocycles. The van der Waals surface area contributed by atoms with Crippen molar-refractivity contribution in [2.75, 3.05) is 6.26 Å². The van der Waals surface area contributed by atoms with Gasteiger partial charge in [-0.25, -0.2) is 4.39 Å². The van der Waals surface area contributed by atoms with Crippen molar-refractivity contribution >= 4 is 11.8 Å². The van der Waals surface area contributed by atoms with E-state index in [1.165, 1.54) is 23.9 Å². The summed E-state index contributed by atoms with van der Waals surface area (Å²) in [5.41, 5.74) is 0. The zero-order valence-corrected chi connectivity index (χ0v) is 8.23. The number of benzene rings is 1. The van der Waals surface area contributed by atoms with Crippen LogP contribution in [0.3, 0.4) is 0 Å². The van der Waals surface area contributed by atoms with Crippen LogP contribution in [0.15, 0.2) is 23.1 Å². The van der Waals surface area contributed by atoms with E-state index in [9.17, 15) is 4.39 Å². The summed E-state index contributed by atoms with van der Waals surface area (Å²) in [6, 6.07) is 4.84. The molecule has 3 heteroatoms. The minimum absolute atomic E-state index is 0.220. The van der Waals surface area contributed by atoms with Crippen molar-refractivity contribution < 1.29 is 9.13 Å². The molecule has 0 spiro atoms. The highest BCUT2D eigenvalue weighted by molar-refractivity contribution is 7.98. The maximum Gasteiger partial charge on any atom is 0.128 e. The Hall–Kier alpha value is -0.700. The molecule has 0 amide bonds. The summed E-state index contributed by atoms with van der Waals surface area (Å²) < 4.78 is 18.5. The summed E-state index contributed by atoms with van der Waals surface area (Å²) in [7, 11) is 0. The predicted octanol–water partition coefficient (Wildman–Crippen LogP) is 3.09. The third kappa shape index (κ3) is 2.37. The molecule has 70 valence electrons. The van der Waals surface area contributed by atoms with Crippen LogP contribution in [-0.2, 0) is 0 Å². The quantitative estimate of drug-likeness (QED) is 0.690. The van der Waals surface area contributed by atoms with Crippen molar-refractivity contribution in [3.63, 3.8) is 0 Å². The van der Waals surface area contributed by atoms with Crippen LogP contribution >= 0.6 is 11.8 Å². The SMILES string of the molecule is CSc1cc(F)cc(OC2CC2)c1. The van der Waals surface area contributed by atoms with E-state index in [0.29, 0.717) is 11.9 Å².